The quantitative estimate of drug-likeness (QED) is 0.0132. The fourth-order valence-electron chi connectivity index (χ4n) is 4.90. The lowest BCUT2D eigenvalue weighted by Crippen LogP contribution is -2.30. The van der Waals surface area contributed by atoms with Gasteiger partial charge in [-0.05, 0) is 44.4 Å². The van der Waals surface area contributed by atoms with Gasteiger partial charge in [-0.15, -0.1) is 0 Å². The van der Waals surface area contributed by atoms with Crippen LogP contribution in [0.3, 0.4) is 0 Å². The van der Waals surface area contributed by atoms with Crippen molar-refractivity contribution in [1.82, 2.24) is 0 Å². The summed E-state index contributed by atoms with van der Waals surface area (Å²) in [7, 11) is -9.69. The summed E-state index contributed by atoms with van der Waals surface area (Å²) in [4.78, 5) is 52.4. The third-order valence-corrected chi connectivity index (χ3v) is 9.79. The molecule has 16 heteroatoms. The molecule has 5 N–H and O–H groups in total. The van der Waals surface area contributed by atoms with Crippen molar-refractivity contribution in [3.8, 4) is 0 Å². The molecule has 0 spiro atoms. The number of phosphoric acid groups is 2. The number of rotatable bonds is 36. The van der Waals surface area contributed by atoms with Crippen LogP contribution in [-0.4, -0.2) is 81.6 Å². The number of phosphoric ester groups is 2. The summed E-state index contributed by atoms with van der Waals surface area (Å²) in [6, 6.07) is 0. The molecular formula is C39H70O14P2. The van der Waals surface area contributed by atoms with E-state index in [1.807, 2.05) is 42.5 Å². The van der Waals surface area contributed by atoms with Gasteiger partial charge in [0.2, 0.25) is 0 Å². The number of aliphatic hydroxyl groups excluding tert-OH is 2. The molecule has 2 unspecified atom stereocenters. The molecule has 0 saturated carbocycles. The van der Waals surface area contributed by atoms with Crippen molar-refractivity contribution in [3.05, 3.63) is 48.6 Å². The Hall–Kier alpha value is -1.96. The number of allylic oxidation sites excluding steroid dienone is 7. The molecule has 0 aromatic heterocycles. The van der Waals surface area contributed by atoms with Crippen LogP contribution >= 0.6 is 15.6 Å². The number of ether oxygens (including phenoxy) is 2. The van der Waals surface area contributed by atoms with Crippen molar-refractivity contribution < 1.29 is 66.7 Å². The lowest BCUT2D eigenvalue weighted by molar-refractivity contribution is -0.161. The smallest absolute Gasteiger partial charge is 0.462 e. The third-order valence-electron chi connectivity index (χ3n) is 8.36. The average Bonchev–Trinajstić information content (AvgIpc) is 3.13. The predicted octanol–water partition coefficient (Wildman–Crippen LogP) is 8.33. The van der Waals surface area contributed by atoms with Crippen LogP contribution in [0, 0.1) is 5.92 Å². The molecule has 0 radical (unpaired) electrons. The Morgan fingerprint density at radius 2 is 1.25 bits per heavy atom. The van der Waals surface area contributed by atoms with Gasteiger partial charge in [-0.1, -0.05) is 134 Å². The SMILES string of the molecule is CCCCC[C@@H](O)/C=C/C=C\C/C=C\C/C=C\CCCC(=O)OC[C@H](COP(=O)(O)OC[C@@H](O)COP(=O)(O)O)OC(=O)CCCCCCCCC(C)CC. The maximum atomic E-state index is 12.6. The first-order chi connectivity index (χ1) is 26.2. The Morgan fingerprint density at radius 1 is 0.655 bits per heavy atom. The zero-order chi connectivity index (χ0) is 41.2. The van der Waals surface area contributed by atoms with Crippen molar-refractivity contribution in [1.29, 1.82) is 0 Å². The number of carbonyl (C=O) groups excluding carboxylic acids is 2. The van der Waals surface area contributed by atoms with Gasteiger partial charge in [-0.25, -0.2) is 9.13 Å². The van der Waals surface area contributed by atoms with E-state index < -0.39 is 72.3 Å². The van der Waals surface area contributed by atoms with E-state index in [1.54, 1.807) is 6.08 Å². The summed E-state index contributed by atoms with van der Waals surface area (Å²) in [6.45, 7) is 3.77. The van der Waals surface area contributed by atoms with Gasteiger partial charge < -0.3 is 34.4 Å². The molecule has 0 rings (SSSR count). The lowest BCUT2D eigenvalue weighted by atomic mass is 10.00. The molecule has 0 aromatic carbocycles. The Morgan fingerprint density at radius 3 is 1.95 bits per heavy atom. The van der Waals surface area contributed by atoms with Crippen LogP contribution in [0.5, 0.6) is 0 Å². The van der Waals surface area contributed by atoms with Gasteiger partial charge in [-0.3, -0.25) is 23.2 Å². The van der Waals surface area contributed by atoms with Crippen molar-refractivity contribution in [2.75, 3.05) is 26.4 Å². The summed E-state index contributed by atoms with van der Waals surface area (Å²) in [6.07, 6.45) is 27.6. The molecule has 0 saturated heterocycles. The molecule has 5 atom stereocenters. The van der Waals surface area contributed by atoms with Gasteiger partial charge in [0.15, 0.2) is 6.10 Å². The van der Waals surface area contributed by atoms with Gasteiger partial charge in [0.25, 0.3) is 0 Å². The van der Waals surface area contributed by atoms with Crippen LogP contribution in [0.2, 0.25) is 0 Å². The van der Waals surface area contributed by atoms with Crippen LogP contribution < -0.4 is 0 Å². The van der Waals surface area contributed by atoms with Gasteiger partial charge in [0, 0.05) is 12.8 Å². The van der Waals surface area contributed by atoms with Crippen molar-refractivity contribution in [2.45, 2.75) is 155 Å². The average molecular weight is 825 g/mol. The first-order valence-electron chi connectivity index (χ1n) is 19.8. The van der Waals surface area contributed by atoms with Crippen LogP contribution in [0.1, 0.15) is 136 Å². The molecule has 0 aliphatic carbocycles. The maximum Gasteiger partial charge on any atom is 0.472 e. The number of esters is 2. The summed E-state index contributed by atoms with van der Waals surface area (Å²) in [5.74, 6) is -0.400. The third kappa shape index (κ3) is 37.4. The van der Waals surface area contributed by atoms with Crippen molar-refractivity contribution >= 4 is 27.6 Å². The molecule has 55 heavy (non-hydrogen) atoms. The van der Waals surface area contributed by atoms with Crippen LogP contribution in [-0.2, 0) is 41.8 Å². The second-order valence-electron chi connectivity index (χ2n) is 13.7. The minimum absolute atomic E-state index is 0.0981. The Labute approximate surface area is 329 Å². The molecule has 0 amide bonds. The van der Waals surface area contributed by atoms with Gasteiger partial charge in [0.1, 0.15) is 12.7 Å². The molecule has 0 aliphatic heterocycles. The first kappa shape index (κ1) is 53.0. The number of hydrogen-bond acceptors (Lipinski definition) is 11. The molecule has 14 nitrogen and oxygen atoms in total. The molecule has 0 heterocycles. The zero-order valence-corrected chi connectivity index (χ0v) is 35.1. The highest BCUT2D eigenvalue weighted by atomic mass is 31.2. The number of unbranched alkanes of at least 4 members (excludes halogenated alkanes) is 8. The summed E-state index contributed by atoms with van der Waals surface area (Å²) < 4.78 is 47.5. The molecule has 320 valence electrons. The van der Waals surface area contributed by atoms with E-state index in [2.05, 4.69) is 29.8 Å². The highest BCUT2D eigenvalue weighted by molar-refractivity contribution is 7.47. The lowest BCUT2D eigenvalue weighted by Gasteiger charge is -2.20. The van der Waals surface area contributed by atoms with E-state index >= 15 is 0 Å². The summed E-state index contributed by atoms with van der Waals surface area (Å²) in [5.41, 5.74) is 0. The van der Waals surface area contributed by atoms with E-state index in [4.69, 9.17) is 23.8 Å². The number of aliphatic hydroxyl groups is 2. The minimum atomic E-state index is -4.87. The van der Waals surface area contributed by atoms with E-state index in [9.17, 15) is 33.8 Å². The van der Waals surface area contributed by atoms with E-state index in [0.717, 1.165) is 70.1 Å². The standard InChI is InChI=1S/C39H70O14P2/c1-4-6-20-26-35(40)27-22-17-12-10-8-7-9-11-13-18-23-28-38(42)49-32-37(33-52-55(47,48)51-31-36(41)30-50-54(44,45)46)53-39(43)29-24-19-15-14-16-21-25-34(3)5-2/h7-8,11-13,17,22,27,34-37,40-41H,4-6,9-10,14-16,18-21,23-26,28-33H2,1-3H3,(H,47,48)(H2,44,45,46)/b8-7-,13-11-,17-12-,27-22+/t34?,35-,36+,37-/m1/s1. The Kier molecular flexibility index (Phi) is 32.9. The Bertz CT molecular complexity index is 1200. The summed E-state index contributed by atoms with van der Waals surface area (Å²) >= 11 is 0. The topological polar surface area (TPSA) is 216 Å². The minimum Gasteiger partial charge on any atom is -0.462 e. The fourth-order valence-corrected chi connectivity index (χ4v) is 6.05. The van der Waals surface area contributed by atoms with E-state index in [-0.39, 0.29) is 12.8 Å². The summed E-state index contributed by atoms with van der Waals surface area (Å²) in [5, 5.41) is 19.6. The van der Waals surface area contributed by atoms with Gasteiger partial charge >= 0.3 is 27.6 Å². The number of carbonyl (C=O) groups is 2. The highest BCUT2D eigenvalue weighted by Gasteiger charge is 2.28. The first-order valence-corrected chi connectivity index (χ1v) is 22.9. The van der Waals surface area contributed by atoms with Crippen molar-refractivity contribution in [2.24, 2.45) is 5.92 Å². The van der Waals surface area contributed by atoms with E-state index in [1.165, 1.54) is 19.3 Å². The maximum absolute atomic E-state index is 12.6. The second-order valence-corrected chi connectivity index (χ2v) is 16.3. The van der Waals surface area contributed by atoms with Crippen LogP contribution in [0.25, 0.3) is 0 Å². The largest absolute Gasteiger partial charge is 0.472 e. The Balaban J connectivity index is 4.68. The molecule has 0 aromatic rings. The second kappa shape index (κ2) is 34.1. The molecule has 0 bridgehead atoms. The highest BCUT2D eigenvalue weighted by Crippen LogP contribution is 2.43. The zero-order valence-electron chi connectivity index (χ0n) is 33.3. The monoisotopic (exact) mass is 824 g/mol. The van der Waals surface area contributed by atoms with E-state index in [0.29, 0.717) is 19.3 Å². The van der Waals surface area contributed by atoms with Crippen LogP contribution in [0.4, 0.5) is 0 Å². The number of hydrogen-bond donors (Lipinski definition) is 5. The molecule has 0 aliphatic rings. The molecular weight excluding hydrogens is 754 g/mol. The van der Waals surface area contributed by atoms with Crippen LogP contribution in [0.15, 0.2) is 48.6 Å². The van der Waals surface area contributed by atoms with Crippen molar-refractivity contribution in [3.63, 3.8) is 0 Å². The van der Waals surface area contributed by atoms with Gasteiger partial charge in [0.05, 0.1) is 25.9 Å². The predicted molar refractivity (Wildman–Crippen MR) is 213 cm³/mol. The molecule has 0 fully saturated rings. The fraction of sp³-hybridized carbons (Fsp3) is 0.744. The van der Waals surface area contributed by atoms with Gasteiger partial charge in [-0.2, -0.15) is 0 Å². The normalized spacial score (nSPS) is 15.9.